The molecule has 0 saturated carbocycles. The molecular weight excluding hydrogens is 332 g/mol. The van der Waals surface area contributed by atoms with Crippen molar-refractivity contribution >= 4 is 28.4 Å². The van der Waals surface area contributed by atoms with E-state index in [0.717, 1.165) is 16.6 Å². The zero-order chi connectivity index (χ0) is 18.7. The molecule has 2 heterocycles. The Morgan fingerprint density at radius 3 is 2.42 bits per heavy atom. The van der Waals surface area contributed by atoms with Gasteiger partial charge < -0.3 is 19.4 Å². The van der Waals surface area contributed by atoms with E-state index in [1.54, 1.807) is 9.80 Å². The molecule has 7 nitrogen and oxygen atoms in total. The molecule has 138 valence electrons. The summed E-state index contributed by atoms with van der Waals surface area (Å²) in [5.74, 6) is -0.143. The standard InChI is InChI=1S/C19H24N4O3/c1-21(2)17-12-16(20-15-7-5-4-6-14(15)17)19(25)23-10-8-22(9-11-23)18(24)13-26-3/h4-7,12H,8-11,13H2,1-3H3. The monoisotopic (exact) mass is 356 g/mol. The fourth-order valence-electron chi connectivity index (χ4n) is 3.17. The summed E-state index contributed by atoms with van der Waals surface area (Å²) in [5, 5.41) is 1.02. The predicted octanol–water partition coefficient (Wildman–Crippen LogP) is 1.23. The van der Waals surface area contributed by atoms with Gasteiger partial charge in [-0.2, -0.15) is 0 Å². The Kier molecular flexibility index (Phi) is 5.37. The normalized spacial score (nSPS) is 14.6. The lowest BCUT2D eigenvalue weighted by Gasteiger charge is -2.34. The van der Waals surface area contributed by atoms with Gasteiger partial charge in [0.15, 0.2) is 0 Å². The zero-order valence-electron chi connectivity index (χ0n) is 15.4. The van der Waals surface area contributed by atoms with Crippen LogP contribution in [0.15, 0.2) is 30.3 Å². The Labute approximate surface area is 153 Å². The van der Waals surface area contributed by atoms with Crippen LogP contribution in [0.4, 0.5) is 5.69 Å². The van der Waals surface area contributed by atoms with Crippen molar-refractivity contribution in [3.63, 3.8) is 0 Å². The SMILES string of the molecule is COCC(=O)N1CCN(C(=O)c2cc(N(C)C)c3ccccc3n2)CC1. The van der Waals surface area contributed by atoms with E-state index in [-0.39, 0.29) is 18.4 Å². The van der Waals surface area contributed by atoms with Gasteiger partial charge in [0.25, 0.3) is 5.91 Å². The fraction of sp³-hybridized carbons (Fsp3) is 0.421. The van der Waals surface area contributed by atoms with Crippen LogP contribution in [-0.4, -0.2) is 80.6 Å². The molecule has 0 atom stereocenters. The van der Waals surface area contributed by atoms with Gasteiger partial charge in [0.05, 0.1) is 5.52 Å². The van der Waals surface area contributed by atoms with E-state index in [4.69, 9.17) is 4.74 Å². The third-order valence-electron chi connectivity index (χ3n) is 4.58. The fourth-order valence-corrected chi connectivity index (χ4v) is 3.17. The summed E-state index contributed by atoms with van der Waals surface area (Å²) in [6.07, 6.45) is 0. The van der Waals surface area contributed by atoms with Crippen molar-refractivity contribution in [3.05, 3.63) is 36.0 Å². The summed E-state index contributed by atoms with van der Waals surface area (Å²) < 4.78 is 4.89. The Balaban J connectivity index is 1.79. The summed E-state index contributed by atoms with van der Waals surface area (Å²) in [6.45, 7) is 2.11. The highest BCUT2D eigenvalue weighted by atomic mass is 16.5. The number of pyridine rings is 1. The number of anilines is 1. The Morgan fingerprint density at radius 1 is 1.12 bits per heavy atom. The number of piperazine rings is 1. The first-order chi connectivity index (χ1) is 12.5. The van der Waals surface area contributed by atoms with Crippen molar-refractivity contribution in [2.45, 2.75) is 0 Å². The second-order valence-electron chi connectivity index (χ2n) is 6.54. The maximum absolute atomic E-state index is 12.9. The molecule has 3 rings (SSSR count). The molecule has 0 unspecified atom stereocenters. The van der Waals surface area contributed by atoms with Crippen LogP contribution in [0.1, 0.15) is 10.5 Å². The molecule has 26 heavy (non-hydrogen) atoms. The largest absolute Gasteiger partial charge is 0.377 e. The lowest BCUT2D eigenvalue weighted by Crippen LogP contribution is -2.51. The third-order valence-corrected chi connectivity index (χ3v) is 4.58. The number of fused-ring (bicyclic) bond motifs is 1. The minimum absolute atomic E-state index is 0.0432. The van der Waals surface area contributed by atoms with Crippen LogP contribution in [0, 0.1) is 0 Å². The Hall–Kier alpha value is -2.67. The molecule has 0 aliphatic carbocycles. The van der Waals surface area contributed by atoms with Gasteiger partial charge in [0.1, 0.15) is 12.3 Å². The van der Waals surface area contributed by atoms with Gasteiger partial charge in [-0.1, -0.05) is 18.2 Å². The highest BCUT2D eigenvalue weighted by Crippen LogP contribution is 2.26. The number of hydrogen-bond acceptors (Lipinski definition) is 5. The maximum Gasteiger partial charge on any atom is 0.272 e. The number of methoxy groups -OCH3 is 1. The van der Waals surface area contributed by atoms with Crippen LogP contribution >= 0.6 is 0 Å². The summed E-state index contributed by atoms with van der Waals surface area (Å²) in [5.41, 5.74) is 2.20. The van der Waals surface area contributed by atoms with E-state index in [0.29, 0.717) is 31.9 Å². The molecule has 1 saturated heterocycles. The van der Waals surface area contributed by atoms with Crippen LogP contribution in [0.25, 0.3) is 10.9 Å². The molecule has 0 spiro atoms. The van der Waals surface area contributed by atoms with Crippen LogP contribution in [0.5, 0.6) is 0 Å². The molecule has 1 aliphatic heterocycles. The van der Waals surface area contributed by atoms with E-state index < -0.39 is 0 Å². The van der Waals surface area contributed by atoms with Crippen LogP contribution < -0.4 is 4.90 Å². The summed E-state index contributed by atoms with van der Waals surface area (Å²) in [4.78, 5) is 34.9. The van der Waals surface area contributed by atoms with E-state index in [9.17, 15) is 9.59 Å². The molecular formula is C19H24N4O3. The summed E-state index contributed by atoms with van der Waals surface area (Å²) in [6, 6.07) is 9.65. The molecule has 1 aromatic carbocycles. The van der Waals surface area contributed by atoms with E-state index >= 15 is 0 Å². The minimum atomic E-state index is -0.0994. The second kappa shape index (κ2) is 7.70. The summed E-state index contributed by atoms with van der Waals surface area (Å²) in [7, 11) is 5.41. The minimum Gasteiger partial charge on any atom is -0.377 e. The van der Waals surface area contributed by atoms with E-state index in [1.807, 2.05) is 49.3 Å². The predicted molar refractivity (Wildman–Crippen MR) is 100 cm³/mol. The van der Waals surface area contributed by atoms with Crippen molar-refractivity contribution in [3.8, 4) is 0 Å². The molecule has 1 aromatic heterocycles. The molecule has 1 aliphatic rings. The van der Waals surface area contributed by atoms with Gasteiger partial charge in [-0.15, -0.1) is 0 Å². The number of aromatic nitrogens is 1. The molecule has 0 radical (unpaired) electrons. The van der Waals surface area contributed by atoms with Crippen LogP contribution in [-0.2, 0) is 9.53 Å². The first-order valence-electron chi connectivity index (χ1n) is 8.64. The molecule has 1 fully saturated rings. The van der Waals surface area contributed by atoms with Crippen LogP contribution in [0.3, 0.4) is 0 Å². The number of rotatable bonds is 4. The van der Waals surface area contributed by atoms with Gasteiger partial charge in [-0.3, -0.25) is 9.59 Å². The quantitative estimate of drug-likeness (QED) is 0.824. The average molecular weight is 356 g/mol. The van der Waals surface area contributed by atoms with Crippen molar-refractivity contribution < 1.29 is 14.3 Å². The number of carbonyl (C=O) groups is 2. The number of carbonyl (C=O) groups excluding carboxylic acids is 2. The van der Waals surface area contributed by atoms with E-state index in [1.165, 1.54) is 7.11 Å². The van der Waals surface area contributed by atoms with Gasteiger partial charge in [-0.05, 0) is 12.1 Å². The second-order valence-corrected chi connectivity index (χ2v) is 6.54. The molecule has 0 N–H and O–H groups in total. The van der Waals surface area contributed by atoms with Crippen molar-refractivity contribution in [1.29, 1.82) is 0 Å². The zero-order valence-corrected chi connectivity index (χ0v) is 15.4. The molecule has 2 aromatic rings. The van der Waals surface area contributed by atoms with Gasteiger partial charge >= 0.3 is 0 Å². The molecule has 0 bridgehead atoms. The number of benzene rings is 1. The number of para-hydroxylation sites is 1. The smallest absolute Gasteiger partial charge is 0.272 e. The highest BCUT2D eigenvalue weighted by Gasteiger charge is 2.26. The lowest BCUT2D eigenvalue weighted by molar-refractivity contribution is -0.136. The third kappa shape index (κ3) is 3.62. The number of nitrogens with zero attached hydrogens (tertiary/aromatic N) is 4. The lowest BCUT2D eigenvalue weighted by atomic mass is 10.1. The first kappa shape index (κ1) is 18.1. The van der Waals surface area contributed by atoms with Crippen molar-refractivity contribution in [2.24, 2.45) is 0 Å². The van der Waals surface area contributed by atoms with Gasteiger partial charge in [-0.25, -0.2) is 4.98 Å². The first-order valence-corrected chi connectivity index (χ1v) is 8.64. The number of hydrogen-bond donors (Lipinski definition) is 0. The topological polar surface area (TPSA) is 66.0 Å². The van der Waals surface area contributed by atoms with Crippen LogP contribution in [0.2, 0.25) is 0 Å². The highest BCUT2D eigenvalue weighted by molar-refractivity contribution is 6.00. The molecule has 7 heteroatoms. The maximum atomic E-state index is 12.9. The Bertz CT molecular complexity index is 814. The van der Waals surface area contributed by atoms with Gasteiger partial charge in [0, 0.05) is 58.5 Å². The molecule has 2 amide bonds. The Morgan fingerprint density at radius 2 is 1.77 bits per heavy atom. The number of amides is 2. The van der Waals surface area contributed by atoms with Crippen molar-refractivity contribution in [1.82, 2.24) is 14.8 Å². The van der Waals surface area contributed by atoms with Gasteiger partial charge in [0.2, 0.25) is 5.91 Å². The number of ether oxygens (including phenoxy) is 1. The van der Waals surface area contributed by atoms with E-state index in [2.05, 4.69) is 4.98 Å². The van der Waals surface area contributed by atoms with Crippen molar-refractivity contribution in [2.75, 3.05) is 58.9 Å². The average Bonchev–Trinajstić information content (AvgIpc) is 2.66. The summed E-state index contributed by atoms with van der Waals surface area (Å²) >= 11 is 0.